The summed E-state index contributed by atoms with van der Waals surface area (Å²) in [7, 11) is 0. The first-order valence-electron chi connectivity index (χ1n) is 5.65. The van der Waals surface area contributed by atoms with Gasteiger partial charge in [-0.05, 0) is 35.7 Å². The molecule has 2 aromatic heterocycles. The number of hydrogen-bond acceptors (Lipinski definition) is 3. The van der Waals surface area contributed by atoms with Crippen LogP contribution in [0, 0.1) is 0 Å². The second-order valence-electron chi connectivity index (χ2n) is 4.45. The SMILES string of the molecule is O=C(NCC1(c2cccs2)CC1)c1ccsc1. The molecule has 0 aliphatic heterocycles. The van der Waals surface area contributed by atoms with Gasteiger partial charge in [0, 0.05) is 27.8 Å². The largest absolute Gasteiger partial charge is 0.351 e. The van der Waals surface area contributed by atoms with Crippen molar-refractivity contribution in [1.29, 1.82) is 0 Å². The molecule has 1 amide bonds. The Morgan fingerprint density at radius 2 is 2.24 bits per heavy atom. The summed E-state index contributed by atoms with van der Waals surface area (Å²) in [5.74, 6) is 0.0501. The van der Waals surface area contributed by atoms with E-state index in [0.717, 1.165) is 12.1 Å². The molecule has 0 saturated heterocycles. The zero-order valence-corrected chi connectivity index (χ0v) is 10.9. The normalized spacial score (nSPS) is 16.7. The van der Waals surface area contributed by atoms with Crippen LogP contribution in [0.5, 0.6) is 0 Å². The van der Waals surface area contributed by atoms with E-state index in [-0.39, 0.29) is 11.3 Å². The van der Waals surface area contributed by atoms with Crippen LogP contribution in [0.4, 0.5) is 0 Å². The summed E-state index contributed by atoms with van der Waals surface area (Å²) in [6.07, 6.45) is 2.38. The molecule has 0 unspecified atom stereocenters. The van der Waals surface area contributed by atoms with Crippen molar-refractivity contribution < 1.29 is 4.79 Å². The molecule has 0 aromatic carbocycles. The number of thiophene rings is 2. The van der Waals surface area contributed by atoms with Crippen molar-refractivity contribution in [2.75, 3.05) is 6.54 Å². The fourth-order valence-electron chi connectivity index (χ4n) is 1.99. The van der Waals surface area contributed by atoms with Gasteiger partial charge in [-0.1, -0.05) is 6.07 Å². The third-order valence-corrected chi connectivity index (χ3v) is 5.07. The minimum Gasteiger partial charge on any atom is -0.351 e. The Balaban J connectivity index is 1.64. The van der Waals surface area contributed by atoms with Gasteiger partial charge in [0.05, 0.1) is 0 Å². The van der Waals surface area contributed by atoms with E-state index in [1.165, 1.54) is 17.7 Å². The number of rotatable bonds is 4. The van der Waals surface area contributed by atoms with Crippen molar-refractivity contribution in [3.05, 3.63) is 44.8 Å². The summed E-state index contributed by atoms with van der Waals surface area (Å²) in [5, 5.41) is 8.98. The van der Waals surface area contributed by atoms with Crippen LogP contribution in [0.25, 0.3) is 0 Å². The average Bonchev–Trinajstić information content (AvgIpc) is 2.82. The van der Waals surface area contributed by atoms with E-state index < -0.39 is 0 Å². The Morgan fingerprint density at radius 1 is 1.35 bits per heavy atom. The monoisotopic (exact) mass is 263 g/mol. The Labute approximate surface area is 108 Å². The summed E-state index contributed by atoms with van der Waals surface area (Å²) in [6.45, 7) is 0.766. The van der Waals surface area contributed by atoms with Crippen LogP contribution in [0.2, 0.25) is 0 Å². The molecular formula is C13H13NOS2. The Bertz CT molecular complexity index is 498. The second kappa shape index (κ2) is 4.27. The zero-order chi connectivity index (χ0) is 11.7. The van der Waals surface area contributed by atoms with Crippen molar-refractivity contribution in [1.82, 2.24) is 5.32 Å². The number of hydrogen-bond donors (Lipinski definition) is 1. The lowest BCUT2D eigenvalue weighted by molar-refractivity contribution is 0.0950. The van der Waals surface area contributed by atoms with E-state index in [0.29, 0.717) is 0 Å². The van der Waals surface area contributed by atoms with E-state index in [9.17, 15) is 4.79 Å². The molecule has 88 valence electrons. The topological polar surface area (TPSA) is 29.1 Å². The number of nitrogens with one attached hydrogen (secondary N) is 1. The lowest BCUT2D eigenvalue weighted by Crippen LogP contribution is -2.31. The van der Waals surface area contributed by atoms with Crippen LogP contribution in [-0.2, 0) is 5.41 Å². The first-order valence-corrected chi connectivity index (χ1v) is 7.47. The van der Waals surface area contributed by atoms with Crippen molar-refractivity contribution in [2.45, 2.75) is 18.3 Å². The van der Waals surface area contributed by atoms with Gasteiger partial charge in [-0.3, -0.25) is 4.79 Å². The average molecular weight is 263 g/mol. The summed E-state index contributed by atoms with van der Waals surface area (Å²) in [6, 6.07) is 6.12. The van der Waals surface area contributed by atoms with Gasteiger partial charge < -0.3 is 5.32 Å². The van der Waals surface area contributed by atoms with Gasteiger partial charge in [0.15, 0.2) is 0 Å². The maximum absolute atomic E-state index is 11.8. The van der Waals surface area contributed by atoms with Crippen molar-refractivity contribution in [2.24, 2.45) is 0 Å². The zero-order valence-electron chi connectivity index (χ0n) is 9.31. The Kier molecular flexibility index (Phi) is 2.76. The highest BCUT2D eigenvalue weighted by Crippen LogP contribution is 2.49. The molecule has 1 aliphatic rings. The van der Waals surface area contributed by atoms with E-state index in [1.807, 2.05) is 16.8 Å². The maximum atomic E-state index is 11.8. The van der Waals surface area contributed by atoms with Crippen molar-refractivity contribution in [3.8, 4) is 0 Å². The first-order chi connectivity index (χ1) is 8.30. The van der Waals surface area contributed by atoms with E-state index in [2.05, 4.69) is 22.8 Å². The lowest BCUT2D eigenvalue weighted by atomic mass is 10.1. The lowest BCUT2D eigenvalue weighted by Gasteiger charge is -2.13. The van der Waals surface area contributed by atoms with E-state index in [4.69, 9.17) is 0 Å². The van der Waals surface area contributed by atoms with Crippen molar-refractivity contribution in [3.63, 3.8) is 0 Å². The molecule has 1 aliphatic carbocycles. The first kappa shape index (κ1) is 11.0. The molecule has 2 nitrogen and oxygen atoms in total. The highest BCUT2D eigenvalue weighted by molar-refractivity contribution is 7.10. The van der Waals surface area contributed by atoms with Crippen LogP contribution in [-0.4, -0.2) is 12.5 Å². The molecule has 17 heavy (non-hydrogen) atoms. The quantitative estimate of drug-likeness (QED) is 0.901. The predicted molar refractivity (Wildman–Crippen MR) is 71.9 cm³/mol. The molecule has 0 radical (unpaired) electrons. The van der Waals surface area contributed by atoms with Crippen LogP contribution in [0.1, 0.15) is 28.1 Å². The molecule has 3 rings (SSSR count). The van der Waals surface area contributed by atoms with Crippen LogP contribution >= 0.6 is 22.7 Å². The van der Waals surface area contributed by atoms with Gasteiger partial charge >= 0.3 is 0 Å². The van der Waals surface area contributed by atoms with Gasteiger partial charge in [0.1, 0.15) is 0 Å². The molecular weight excluding hydrogens is 250 g/mol. The number of amides is 1. The standard InChI is InChI=1S/C13H13NOS2/c15-12(10-3-7-16-8-10)14-9-13(4-5-13)11-2-1-6-17-11/h1-3,6-8H,4-5,9H2,(H,14,15). The highest BCUT2D eigenvalue weighted by atomic mass is 32.1. The molecule has 1 N–H and O–H groups in total. The molecule has 2 aromatic rings. The Morgan fingerprint density at radius 3 is 2.82 bits per heavy atom. The summed E-state index contributed by atoms with van der Waals surface area (Å²) in [5.41, 5.74) is 1.01. The molecule has 2 heterocycles. The molecule has 1 fully saturated rings. The highest BCUT2D eigenvalue weighted by Gasteiger charge is 2.45. The van der Waals surface area contributed by atoms with Gasteiger partial charge in [-0.2, -0.15) is 11.3 Å². The van der Waals surface area contributed by atoms with Gasteiger partial charge in [0.2, 0.25) is 0 Å². The van der Waals surface area contributed by atoms with Crippen LogP contribution in [0.3, 0.4) is 0 Å². The Hall–Kier alpha value is -1.13. The fourth-order valence-corrected chi connectivity index (χ4v) is 3.61. The van der Waals surface area contributed by atoms with E-state index >= 15 is 0 Å². The van der Waals surface area contributed by atoms with Gasteiger partial charge in [0.25, 0.3) is 5.91 Å². The molecule has 0 bridgehead atoms. The maximum Gasteiger partial charge on any atom is 0.252 e. The summed E-state index contributed by atoms with van der Waals surface area (Å²) >= 11 is 3.35. The summed E-state index contributed by atoms with van der Waals surface area (Å²) in [4.78, 5) is 13.3. The molecule has 0 spiro atoms. The second-order valence-corrected chi connectivity index (χ2v) is 6.18. The number of carbonyl (C=O) groups is 1. The van der Waals surface area contributed by atoms with Crippen LogP contribution < -0.4 is 5.32 Å². The minimum absolute atomic E-state index is 0.0501. The molecule has 4 heteroatoms. The number of carbonyl (C=O) groups excluding carboxylic acids is 1. The van der Waals surface area contributed by atoms with Crippen molar-refractivity contribution >= 4 is 28.6 Å². The van der Waals surface area contributed by atoms with E-state index in [1.54, 1.807) is 22.7 Å². The van der Waals surface area contributed by atoms with Crippen LogP contribution in [0.15, 0.2) is 34.3 Å². The van der Waals surface area contributed by atoms with Gasteiger partial charge in [-0.15, -0.1) is 11.3 Å². The predicted octanol–water partition coefficient (Wildman–Crippen LogP) is 3.27. The smallest absolute Gasteiger partial charge is 0.252 e. The fraction of sp³-hybridized carbons (Fsp3) is 0.308. The third kappa shape index (κ3) is 2.15. The summed E-state index contributed by atoms with van der Waals surface area (Å²) < 4.78 is 0. The molecule has 0 atom stereocenters. The third-order valence-electron chi connectivity index (χ3n) is 3.27. The van der Waals surface area contributed by atoms with Gasteiger partial charge in [-0.25, -0.2) is 0 Å². The molecule has 1 saturated carbocycles. The minimum atomic E-state index is 0.0501.